The van der Waals surface area contributed by atoms with E-state index in [9.17, 15) is 4.39 Å². The van der Waals surface area contributed by atoms with E-state index in [0.717, 1.165) is 38.3 Å². The van der Waals surface area contributed by atoms with E-state index >= 15 is 0 Å². The van der Waals surface area contributed by atoms with E-state index in [0.29, 0.717) is 29.0 Å². The fourth-order valence-corrected chi connectivity index (χ4v) is 3.03. The van der Waals surface area contributed by atoms with E-state index in [1.165, 1.54) is 12.1 Å². The molecule has 1 aromatic heterocycles. The number of halogens is 1. The average Bonchev–Trinajstić information content (AvgIpc) is 2.74. The van der Waals surface area contributed by atoms with Gasteiger partial charge < -0.3 is 21.0 Å². The maximum absolute atomic E-state index is 13.1. The van der Waals surface area contributed by atoms with Crippen molar-refractivity contribution in [1.82, 2.24) is 25.7 Å². The predicted octanol–water partition coefficient (Wildman–Crippen LogP) is 2.28. The number of aliphatic imine (C=N–C) groups is 1. The van der Waals surface area contributed by atoms with Crippen LogP contribution in [0, 0.1) is 5.82 Å². The van der Waals surface area contributed by atoms with Gasteiger partial charge in [0, 0.05) is 32.7 Å². The number of likely N-dealkylation sites (N-methyl/N-ethyl adjacent to an activating group) is 1. The molecule has 0 bridgehead atoms. The molecule has 30 heavy (non-hydrogen) atoms. The van der Waals surface area contributed by atoms with Crippen LogP contribution in [0.2, 0.25) is 0 Å². The highest BCUT2D eigenvalue weighted by molar-refractivity contribution is 5.85. The van der Waals surface area contributed by atoms with Crippen LogP contribution in [0.4, 0.5) is 21.7 Å². The first-order valence-corrected chi connectivity index (χ1v) is 10.0. The van der Waals surface area contributed by atoms with Crippen molar-refractivity contribution in [2.45, 2.75) is 13.8 Å². The Kier molecular flexibility index (Phi) is 7.31. The zero-order chi connectivity index (χ0) is 21.5. The number of piperazine rings is 1. The Morgan fingerprint density at radius 1 is 1.17 bits per heavy atom. The van der Waals surface area contributed by atoms with Crippen LogP contribution in [0.15, 0.2) is 29.3 Å². The average molecular weight is 413 g/mol. The van der Waals surface area contributed by atoms with Gasteiger partial charge in [-0.3, -0.25) is 0 Å². The molecule has 160 valence electrons. The fraction of sp³-hybridized carbons (Fsp3) is 0.381. The lowest BCUT2D eigenvalue weighted by molar-refractivity contribution is 0.312. The van der Waals surface area contributed by atoms with E-state index in [4.69, 9.17) is 5.73 Å². The molecule has 0 saturated carbocycles. The van der Waals surface area contributed by atoms with E-state index in [1.807, 2.05) is 19.9 Å². The van der Waals surface area contributed by atoms with Crippen molar-refractivity contribution in [3.05, 3.63) is 41.5 Å². The van der Waals surface area contributed by atoms with Crippen LogP contribution in [0.1, 0.15) is 25.2 Å². The second-order valence-electron chi connectivity index (χ2n) is 7.17. The lowest BCUT2D eigenvalue weighted by Gasteiger charge is -2.33. The zero-order valence-corrected chi connectivity index (χ0v) is 17.7. The number of benzene rings is 1. The maximum atomic E-state index is 13.1. The highest BCUT2D eigenvalue weighted by Gasteiger charge is 2.20. The predicted molar refractivity (Wildman–Crippen MR) is 121 cm³/mol. The number of nitrogen functional groups attached to an aromatic ring is 1. The fourth-order valence-electron chi connectivity index (χ4n) is 3.03. The number of hydrogen-bond donors (Lipinski definition) is 3. The highest BCUT2D eigenvalue weighted by atomic mass is 19.1. The molecule has 1 aliphatic heterocycles. The van der Waals surface area contributed by atoms with Gasteiger partial charge in [0.15, 0.2) is 17.5 Å². The van der Waals surface area contributed by atoms with Gasteiger partial charge in [0.2, 0.25) is 0 Å². The first-order valence-electron chi connectivity index (χ1n) is 10.0. The summed E-state index contributed by atoms with van der Waals surface area (Å²) in [5.41, 5.74) is 13.7. The molecule has 0 unspecified atom stereocenters. The van der Waals surface area contributed by atoms with Crippen LogP contribution in [-0.2, 0) is 0 Å². The number of hydrazine groups is 1. The Hall–Kier alpha value is -3.04. The molecule has 0 atom stereocenters. The van der Waals surface area contributed by atoms with Crippen molar-refractivity contribution in [3.63, 3.8) is 0 Å². The molecule has 1 aromatic carbocycles. The van der Waals surface area contributed by atoms with Gasteiger partial charge in [0.1, 0.15) is 17.3 Å². The lowest BCUT2D eigenvalue weighted by Crippen LogP contribution is -2.45. The van der Waals surface area contributed by atoms with Crippen LogP contribution < -0.4 is 21.5 Å². The second-order valence-corrected chi connectivity index (χ2v) is 7.17. The molecule has 0 spiro atoms. The molecule has 0 radical (unpaired) electrons. The molecule has 9 heteroatoms. The number of hydrogen-bond acceptors (Lipinski definition) is 7. The van der Waals surface area contributed by atoms with E-state index in [-0.39, 0.29) is 5.82 Å². The standard InChI is InChI=1S/C21H29FN8/c1-4-24-28-15(2)25-20-19(23)21(30-13-11-29(3)12-14-30)27-18(26-20)10-7-16-5-8-17(22)9-6-16/h5-10,24H,4,11-14,23H2,1-3H3,(H,25,26,27,28)/b10-7+. The molecular formula is C21H29FN8. The largest absolute Gasteiger partial charge is 0.393 e. The molecule has 1 saturated heterocycles. The van der Waals surface area contributed by atoms with Gasteiger partial charge in [-0.15, -0.1) is 0 Å². The first kappa shape index (κ1) is 21.7. The summed E-state index contributed by atoms with van der Waals surface area (Å²) in [5, 5.41) is 0. The van der Waals surface area contributed by atoms with Gasteiger partial charge in [-0.05, 0) is 37.7 Å². The number of nitrogens with zero attached hydrogens (tertiary/aromatic N) is 5. The Labute approximate surface area is 176 Å². The second kappa shape index (κ2) is 10.1. The topological polar surface area (TPSA) is 94.7 Å². The Bertz CT molecular complexity index is 902. The Balaban J connectivity index is 1.95. The molecular weight excluding hydrogens is 383 g/mol. The number of nitrogens with two attached hydrogens (primary N) is 1. The minimum Gasteiger partial charge on any atom is -0.393 e. The molecule has 2 aromatic rings. The number of aromatic nitrogens is 2. The summed E-state index contributed by atoms with van der Waals surface area (Å²) in [4.78, 5) is 18.2. The van der Waals surface area contributed by atoms with Crippen molar-refractivity contribution in [2.75, 3.05) is 50.4 Å². The minimum absolute atomic E-state index is 0.270. The van der Waals surface area contributed by atoms with Crippen LogP contribution in [0.5, 0.6) is 0 Å². The van der Waals surface area contributed by atoms with E-state index < -0.39 is 0 Å². The monoisotopic (exact) mass is 412 g/mol. The van der Waals surface area contributed by atoms with Gasteiger partial charge in [0.25, 0.3) is 0 Å². The molecule has 0 aliphatic carbocycles. The smallest absolute Gasteiger partial charge is 0.183 e. The summed E-state index contributed by atoms with van der Waals surface area (Å²) in [6.07, 6.45) is 3.63. The maximum Gasteiger partial charge on any atom is 0.183 e. The highest BCUT2D eigenvalue weighted by Crippen LogP contribution is 2.30. The molecule has 1 fully saturated rings. The van der Waals surface area contributed by atoms with Crippen molar-refractivity contribution in [2.24, 2.45) is 4.99 Å². The summed E-state index contributed by atoms with van der Waals surface area (Å²) in [6.45, 7) is 8.11. The Morgan fingerprint density at radius 3 is 2.53 bits per heavy atom. The van der Waals surface area contributed by atoms with Crippen molar-refractivity contribution in [3.8, 4) is 0 Å². The van der Waals surface area contributed by atoms with Crippen LogP contribution >= 0.6 is 0 Å². The summed E-state index contributed by atoms with van der Waals surface area (Å²) in [7, 11) is 2.10. The molecule has 3 rings (SSSR count). The number of amidine groups is 1. The van der Waals surface area contributed by atoms with Crippen LogP contribution in [0.25, 0.3) is 12.2 Å². The molecule has 1 aliphatic rings. The summed E-state index contributed by atoms with van der Waals surface area (Å²) >= 11 is 0. The van der Waals surface area contributed by atoms with E-state index in [2.05, 4.69) is 42.7 Å². The van der Waals surface area contributed by atoms with Crippen LogP contribution in [0.3, 0.4) is 0 Å². The third-order valence-corrected chi connectivity index (χ3v) is 4.74. The van der Waals surface area contributed by atoms with Crippen molar-refractivity contribution < 1.29 is 4.39 Å². The number of anilines is 2. The molecule has 2 heterocycles. The normalized spacial score (nSPS) is 15.7. The number of nitrogens with one attached hydrogen (secondary N) is 2. The van der Waals surface area contributed by atoms with Gasteiger partial charge in [-0.2, -0.15) is 0 Å². The van der Waals surface area contributed by atoms with Crippen LogP contribution in [-0.4, -0.2) is 60.5 Å². The van der Waals surface area contributed by atoms with Gasteiger partial charge in [0.05, 0.1) is 0 Å². The Morgan fingerprint density at radius 2 is 1.87 bits per heavy atom. The quantitative estimate of drug-likeness (QED) is 0.381. The third-order valence-electron chi connectivity index (χ3n) is 4.74. The van der Waals surface area contributed by atoms with E-state index in [1.54, 1.807) is 18.2 Å². The van der Waals surface area contributed by atoms with Gasteiger partial charge in [-0.1, -0.05) is 25.1 Å². The number of rotatable bonds is 6. The van der Waals surface area contributed by atoms with Crippen molar-refractivity contribution >= 4 is 35.3 Å². The lowest BCUT2D eigenvalue weighted by atomic mass is 10.2. The van der Waals surface area contributed by atoms with Crippen molar-refractivity contribution in [1.29, 1.82) is 0 Å². The van der Waals surface area contributed by atoms with Gasteiger partial charge in [-0.25, -0.2) is 24.8 Å². The third kappa shape index (κ3) is 5.74. The molecule has 0 amide bonds. The first-order chi connectivity index (χ1) is 14.5. The summed E-state index contributed by atoms with van der Waals surface area (Å²) < 4.78 is 13.1. The minimum atomic E-state index is -0.270. The summed E-state index contributed by atoms with van der Waals surface area (Å²) in [5.74, 6) is 1.98. The van der Waals surface area contributed by atoms with Gasteiger partial charge >= 0.3 is 0 Å². The SMILES string of the molecule is CCNN/C(C)=N/c1nc(/C=C/c2ccc(F)cc2)nc(N2CCN(C)CC2)c1N. The molecule has 8 nitrogen and oxygen atoms in total. The summed E-state index contributed by atoms with van der Waals surface area (Å²) in [6, 6.07) is 6.25. The zero-order valence-electron chi connectivity index (χ0n) is 17.7. The molecule has 4 N–H and O–H groups in total.